The maximum absolute atomic E-state index is 13.9. The monoisotopic (exact) mass is 488 g/mol. The Balaban J connectivity index is 1.55. The van der Waals surface area contributed by atoms with Crippen LogP contribution in [0.4, 0.5) is 10.1 Å². The number of hydrogen-bond acceptors (Lipinski definition) is 6. The van der Waals surface area contributed by atoms with E-state index >= 15 is 0 Å². The minimum atomic E-state index is -4.12. The molecule has 0 radical (unpaired) electrons. The van der Waals surface area contributed by atoms with Gasteiger partial charge in [0.05, 0.1) is 10.6 Å². The number of nitrogens with zero attached hydrogens (tertiary/aromatic N) is 1. The van der Waals surface area contributed by atoms with Gasteiger partial charge >= 0.3 is 0 Å². The molecule has 0 saturated heterocycles. The maximum atomic E-state index is 13.9. The van der Waals surface area contributed by atoms with E-state index in [0.717, 1.165) is 20.8 Å². The standard InChI is InChI=1S/C23H21FN2O5S2/c1-32-19-6-8-20(9-7-19)33(28,29)26(18-4-2-3-17(24)12-18)14-23(27)25-13-16-5-10-21-22(11-16)31-15-30-21/h2-12H,13-15H2,1H3,(H,25,27). The molecular formula is C23H21FN2O5S2. The number of amides is 1. The zero-order valence-electron chi connectivity index (χ0n) is 17.7. The van der Waals surface area contributed by atoms with Crippen molar-refractivity contribution >= 4 is 33.4 Å². The van der Waals surface area contributed by atoms with Crippen molar-refractivity contribution in [3.05, 3.63) is 78.1 Å². The normalized spacial score (nSPS) is 12.4. The molecule has 0 unspecified atom stereocenters. The van der Waals surface area contributed by atoms with Gasteiger partial charge in [-0.3, -0.25) is 9.10 Å². The minimum absolute atomic E-state index is 0.00753. The van der Waals surface area contributed by atoms with Gasteiger partial charge in [-0.15, -0.1) is 11.8 Å². The first-order valence-corrected chi connectivity index (χ1v) is 12.6. The second-order valence-electron chi connectivity index (χ2n) is 7.13. The molecule has 0 aromatic heterocycles. The lowest BCUT2D eigenvalue weighted by atomic mass is 10.2. The van der Waals surface area contributed by atoms with Crippen molar-refractivity contribution in [3.8, 4) is 11.5 Å². The summed E-state index contributed by atoms with van der Waals surface area (Å²) in [5.41, 5.74) is 0.822. The van der Waals surface area contributed by atoms with Gasteiger partial charge in [0.25, 0.3) is 10.0 Å². The van der Waals surface area contributed by atoms with Crippen molar-refractivity contribution in [2.45, 2.75) is 16.3 Å². The average molecular weight is 489 g/mol. The van der Waals surface area contributed by atoms with Crippen LogP contribution in [0, 0.1) is 5.82 Å². The molecule has 33 heavy (non-hydrogen) atoms. The highest BCUT2D eigenvalue weighted by atomic mass is 32.2. The van der Waals surface area contributed by atoms with Crippen molar-refractivity contribution in [1.82, 2.24) is 5.32 Å². The molecule has 0 spiro atoms. The first-order valence-electron chi connectivity index (χ1n) is 9.94. The average Bonchev–Trinajstić information content (AvgIpc) is 3.29. The van der Waals surface area contributed by atoms with E-state index in [4.69, 9.17) is 9.47 Å². The number of hydrogen-bond donors (Lipinski definition) is 1. The second kappa shape index (κ2) is 9.72. The number of fused-ring (bicyclic) bond motifs is 1. The van der Waals surface area contributed by atoms with Crippen molar-refractivity contribution in [2.75, 3.05) is 23.9 Å². The molecule has 0 fully saturated rings. The van der Waals surface area contributed by atoms with Crippen molar-refractivity contribution in [3.63, 3.8) is 0 Å². The number of anilines is 1. The number of sulfonamides is 1. The SMILES string of the molecule is CSc1ccc(S(=O)(=O)N(CC(=O)NCc2ccc3c(c2)OCO3)c2cccc(F)c2)cc1. The van der Waals surface area contributed by atoms with Crippen LogP contribution in [0.15, 0.2) is 76.5 Å². The lowest BCUT2D eigenvalue weighted by Gasteiger charge is -2.24. The molecule has 3 aromatic rings. The summed E-state index contributed by atoms with van der Waals surface area (Å²) < 4.78 is 52.1. The van der Waals surface area contributed by atoms with Crippen LogP contribution in [0.2, 0.25) is 0 Å². The molecule has 10 heteroatoms. The number of carbonyl (C=O) groups is 1. The number of nitrogens with one attached hydrogen (secondary N) is 1. The number of benzene rings is 3. The predicted octanol–water partition coefficient (Wildman–Crippen LogP) is 3.79. The van der Waals surface area contributed by atoms with Crippen LogP contribution in [0.3, 0.4) is 0 Å². The molecule has 0 aliphatic carbocycles. The quantitative estimate of drug-likeness (QED) is 0.486. The molecule has 1 aliphatic heterocycles. The summed E-state index contributed by atoms with van der Waals surface area (Å²) in [5, 5.41) is 2.71. The molecule has 1 amide bonds. The van der Waals surface area contributed by atoms with Gasteiger partial charge < -0.3 is 14.8 Å². The fraction of sp³-hybridized carbons (Fsp3) is 0.174. The van der Waals surface area contributed by atoms with Crippen molar-refractivity contribution in [2.24, 2.45) is 0 Å². The van der Waals surface area contributed by atoms with E-state index in [-0.39, 0.29) is 23.9 Å². The third kappa shape index (κ3) is 5.23. The molecule has 1 aliphatic rings. The van der Waals surface area contributed by atoms with E-state index in [1.165, 1.54) is 42.1 Å². The van der Waals surface area contributed by atoms with Crippen LogP contribution in [-0.2, 0) is 21.4 Å². The van der Waals surface area contributed by atoms with Gasteiger partial charge in [0.2, 0.25) is 12.7 Å². The molecule has 172 valence electrons. The van der Waals surface area contributed by atoms with Crippen LogP contribution in [0.25, 0.3) is 0 Å². The van der Waals surface area contributed by atoms with Gasteiger partial charge in [0.15, 0.2) is 11.5 Å². The number of thioether (sulfide) groups is 1. The van der Waals surface area contributed by atoms with Crippen LogP contribution in [0.5, 0.6) is 11.5 Å². The summed E-state index contributed by atoms with van der Waals surface area (Å²) in [6, 6.07) is 16.7. The first kappa shape index (κ1) is 22.9. The highest BCUT2D eigenvalue weighted by molar-refractivity contribution is 7.98. The number of carbonyl (C=O) groups excluding carboxylic acids is 1. The largest absolute Gasteiger partial charge is 0.454 e. The van der Waals surface area contributed by atoms with Gasteiger partial charge in [-0.05, 0) is 66.4 Å². The molecule has 3 aromatic carbocycles. The lowest BCUT2D eigenvalue weighted by molar-refractivity contribution is -0.119. The molecule has 0 saturated carbocycles. The number of halogens is 1. The van der Waals surface area contributed by atoms with Gasteiger partial charge in [0, 0.05) is 11.4 Å². The van der Waals surface area contributed by atoms with E-state index in [1.807, 2.05) is 6.26 Å². The first-order chi connectivity index (χ1) is 15.9. The summed E-state index contributed by atoms with van der Waals surface area (Å²) in [7, 11) is -4.12. The zero-order valence-corrected chi connectivity index (χ0v) is 19.3. The van der Waals surface area contributed by atoms with Crippen LogP contribution in [0.1, 0.15) is 5.56 Å². The predicted molar refractivity (Wildman–Crippen MR) is 124 cm³/mol. The lowest BCUT2D eigenvalue weighted by Crippen LogP contribution is -2.40. The molecule has 7 nitrogen and oxygen atoms in total. The second-order valence-corrected chi connectivity index (χ2v) is 9.87. The Kier molecular flexibility index (Phi) is 6.75. The van der Waals surface area contributed by atoms with Crippen LogP contribution in [-0.4, -0.2) is 33.9 Å². The van der Waals surface area contributed by atoms with Crippen LogP contribution >= 0.6 is 11.8 Å². The highest BCUT2D eigenvalue weighted by Gasteiger charge is 2.27. The Bertz CT molecular complexity index is 1270. The fourth-order valence-corrected chi connectivity index (χ4v) is 5.08. The summed E-state index contributed by atoms with van der Waals surface area (Å²) in [6.07, 6.45) is 1.88. The van der Waals surface area contributed by atoms with E-state index in [1.54, 1.807) is 30.3 Å². The number of ether oxygens (including phenoxy) is 2. The molecule has 0 bridgehead atoms. The molecule has 4 rings (SSSR count). The number of rotatable bonds is 8. The highest BCUT2D eigenvalue weighted by Crippen LogP contribution is 2.32. The molecular weight excluding hydrogens is 467 g/mol. The van der Waals surface area contributed by atoms with Gasteiger partial charge in [-0.25, -0.2) is 12.8 Å². The van der Waals surface area contributed by atoms with E-state index in [0.29, 0.717) is 11.5 Å². The van der Waals surface area contributed by atoms with Crippen molar-refractivity contribution < 1.29 is 27.1 Å². The summed E-state index contributed by atoms with van der Waals surface area (Å²) in [6.45, 7) is -0.209. The van der Waals surface area contributed by atoms with Gasteiger partial charge in [0.1, 0.15) is 12.4 Å². The third-order valence-electron chi connectivity index (χ3n) is 4.96. The fourth-order valence-electron chi connectivity index (χ4n) is 3.26. The summed E-state index contributed by atoms with van der Waals surface area (Å²) in [4.78, 5) is 13.6. The Labute approximate surface area is 195 Å². The third-order valence-corrected chi connectivity index (χ3v) is 7.49. The molecule has 0 atom stereocenters. The Morgan fingerprint density at radius 3 is 2.55 bits per heavy atom. The zero-order chi connectivity index (χ0) is 23.4. The molecule has 1 heterocycles. The van der Waals surface area contributed by atoms with E-state index in [2.05, 4.69) is 5.32 Å². The van der Waals surface area contributed by atoms with Gasteiger partial charge in [-0.2, -0.15) is 0 Å². The smallest absolute Gasteiger partial charge is 0.264 e. The maximum Gasteiger partial charge on any atom is 0.264 e. The minimum Gasteiger partial charge on any atom is -0.454 e. The Hall–Kier alpha value is -3.24. The van der Waals surface area contributed by atoms with Crippen LogP contribution < -0.4 is 19.1 Å². The summed E-state index contributed by atoms with van der Waals surface area (Å²) >= 11 is 1.48. The summed E-state index contributed by atoms with van der Waals surface area (Å²) in [5.74, 6) is 0.0628. The van der Waals surface area contributed by atoms with E-state index < -0.39 is 28.3 Å². The Morgan fingerprint density at radius 1 is 1.06 bits per heavy atom. The topological polar surface area (TPSA) is 84.9 Å². The Morgan fingerprint density at radius 2 is 1.82 bits per heavy atom. The van der Waals surface area contributed by atoms with E-state index in [9.17, 15) is 17.6 Å². The van der Waals surface area contributed by atoms with Crippen molar-refractivity contribution in [1.29, 1.82) is 0 Å². The molecule has 1 N–H and O–H groups in total. The van der Waals surface area contributed by atoms with Gasteiger partial charge in [-0.1, -0.05) is 12.1 Å².